The summed E-state index contributed by atoms with van der Waals surface area (Å²) < 4.78 is 6.03. The number of esters is 1. The summed E-state index contributed by atoms with van der Waals surface area (Å²) in [4.78, 5) is 11.8. The van der Waals surface area contributed by atoms with Gasteiger partial charge in [-0.25, -0.2) is 4.79 Å². The molecule has 0 atom stereocenters. The van der Waals surface area contributed by atoms with Crippen LogP contribution in [0.5, 0.6) is 5.75 Å². The predicted octanol–water partition coefficient (Wildman–Crippen LogP) is 3.54. The quantitative estimate of drug-likeness (QED) is 0.630. The molecule has 88 valence electrons. The van der Waals surface area contributed by atoms with Gasteiger partial charge in [-0.05, 0) is 36.4 Å². The number of hydrogen-bond donors (Lipinski definition) is 0. The van der Waals surface area contributed by atoms with Crippen molar-refractivity contribution in [3.8, 4) is 11.8 Å². The normalized spacial score (nSPS) is 9.56. The Labute approximate surface area is 113 Å². The molecule has 0 amide bonds. The minimum absolute atomic E-state index is 0.356. The van der Waals surface area contributed by atoms with Crippen LogP contribution < -0.4 is 4.74 Å². The van der Waals surface area contributed by atoms with Crippen molar-refractivity contribution in [1.82, 2.24) is 0 Å². The molecular weight excluding hydrogens is 294 g/mol. The van der Waals surface area contributed by atoms with Gasteiger partial charge in [0.05, 0.1) is 17.2 Å². The number of hydrogen-bond acceptors (Lipinski definition) is 3. The van der Waals surface area contributed by atoms with Crippen LogP contribution >= 0.6 is 15.9 Å². The van der Waals surface area contributed by atoms with Crippen LogP contribution in [0.4, 0.5) is 0 Å². The van der Waals surface area contributed by atoms with Crippen molar-refractivity contribution in [3.63, 3.8) is 0 Å². The highest BCUT2D eigenvalue weighted by Crippen LogP contribution is 2.19. The smallest absolute Gasteiger partial charge is 0.343 e. The molecule has 0 fully saturated rings. The molecule has 0 saturated heterocycles. The Morgan fingerprint density at radius 3 is 2.67 bits per heavy atom. The van der Waals surface area contributed by atoms with Crippen molar-refractivity contribution in [1.29, 1.82) is 5.26 Å². The minimum atomic E-state index is -0.481. The first-order valence-corrected chi connectivity index (χ1v) is 5.96. The fourth-order valence-corrected chi connectivity index (χ4v) is 1.79. The van der Waals surface area contributed by atoms with Gasteiger partial charge in [-0.2, -0.15) is 5.26 Å². The van der Waals surface area contributed by atoms with Crippen molar-refractivity contribution >= 4 is 21.9 Å². The van der Waals surface area contributed by atoms with Crippen molar-refractivity contribution in [2.45, 2.75) is 0 Å². The van der Waals surface area contributed by atoms with E-state index in [1.807, 2.05) is 12.1 Å². The standard InChI is InChI=1S/C14H8BrNO2/c15-12-5-2-6-13(8-12)18-14(17)11-4-1-3-10(7-11)9-16/h1-8H. The van der Waals surface area contributed by atoms with Gasteiger partial charge < -0.3 is 4.74 Å². The maximum atomic E-state index is 11.8. The van der Waals surface area contributed by atoms with Crippen molar-refractivity contribution in [2.24, 2.45) is 0 Å². The van der Waals surface area contributed by atoms with E-state index in [0.29, 0.717) is 16.9 Å². The Morgan fingerprint density at radius 2 is 1.94 bits per heavy atom. The average molecular weight is 302 g/mol. The summed E-state index contributed by atoms with van der Waals surface area (Å²) in [5.74, 6) is -0.0260. The molecule has 0 aromatic heterocycles. The van der Waals surface area contributed by atoms with Crippen LogP contribution in [0.2, 0.25) is 0 Å². The van der Waals surface area contributed by atoms with Crippen LogP contribution in [0.3, 0.4) is 0 Å². The molecule has 2 aromatic rings. The fraction of sp³-hybridized carbons (Fsp3) is 0. The number of nitriles is 1. The molecule has 0 aliphatic rings. The summed E-state index contributed by atoms with van der Waals surface area (Å²) in [6, 6.07) is 15.4. The van der Waals surface area contributed by atoms with E-state index in [9.17, 15) is 4.79 Å². The molecule has 0 saturated carbocycles. The third-order valence-electron chi connectivity index (χ3n) is 2.23. The number of carbonyl (C=O) groups excluding carboxylic acids is 1. The van der Waals surface area contributed by atoms with E-state index >= 15 is 0 Å². The number of nitrogens with zero attached hydrogens (tertiary/aromatic N) is 1. The zero-order valence-corrected chi connectivity index (χ0v) is 10.8. The minimum Gasteiger partial charge on any atom is -0.423 e. The number of ether oxygens (including phenoxy) is 1. The lowest BCUT2D eigenvalue weighted by Crippen LogP contribution is -2.08. The van der Waals surface area contributed by atoms with Crippen LogP contribution in [0.15, 0.2) is 53.0 Å². The van der Waals surface area contributed by atoms with Crippen molar-refractivity contribution < 1.29 is 9.53 Å². The van der Waals surface area contributed by atoms with Gasteiger partial charge in [0.2, 0.25) is 0 Å². The van der Waals surface area contributed by atoms with Gasteiger partial charge in [0, 0.05) is 4.47 Å². The lowest BCUT2D eigenvalue weighted by molar-refractivity contribution is 0.0734. The van der Waals surface area contributed by atoms with Gasteiger partial charge in [-0.3, -0.25) is 0 Å². The summed E-state index contributed by atoms with van der Waals surface area (Å²) in [7, 11) is 0. The Kier molecular flexibility index (Phi) is 3.75. The highest BCUT2D eigenvalue weighted by atomic mass is 79.9. The first-order valence-electron chi connectivity index (χ1n) is 5.17. The van der Waals surface area contributed by atoms with Gasteiger partial charge in [0.15, 0.2) is 0 Å². The Balaban J connectivity index is 2.20. The van der Waals surface area contributed by atoms with E-state index in [-0.39, 0.29) is 0 Å². The molecule has 18 heavy (non-hydrogen) atoms. The SMILES string of the molecule is N#Cc1cccc(C(=O)Oc2cccc(Br)c2)c1. The van der Waals surface area contributed by atoms with Crippen LogP contribution in [0.1, 0.15) is 15.9 Å². The summed E-state index contributed by atoms with van der Waals surface area (Å²) in [6.45, 7) is 0. The highest BCUT2D eigenvalue weighted by molar-refractivity contribution is 9.10. The lowest BCUT2D eigenvalue weighted by Gasteiger charge is -2.04. The van der Waals surface area contributed by atoms with E-state index in [0.717, 1.165) is 4.47 Å². The van der Waals surface area contributed by atoms with E-state index in [2.05, 4.69) is 15.9 Å². The van der Waals surface area contributed by atoms with E-state index in [1.54, 1.807) is 36.4 Å². The third kappa shape index (κ3) is 2.96. The van der Waals surface area contributed by atoms with Gasteiger partial charge >= 0.3 is 5.97 Å². The van der Waals surface area contributed by atoms with Gasteiger partial charge in [-0.1, -0.05) is 28.1 Å². The third-order valence-corrected chi connectivity index (χ3v) is 2.73. The second-order valence-corrected chi connectivity index (χ2v) is 4.46. The number of rotatable bonds is 2. The van der Waals surface area contributed by atoms with Gasteiger partial charge in [0.25, 0.3) is 0 Å². The summed E-state index contributed by atoms with van der Waals surface area (Å²) in [5.41, 5.74) is 0.785. The van der Waals surface area contributed by atoms with Crippen molar-refractivity contribution in [2.75, 3.05) is 0 Å². The maximum Gasteiger partial charge on any atom is 0.343 e. The molecule has 0 spiro atoms. The van der Waals surface area contributed by atoms with Crippen LogP contribution in [-0.2, 0) is 0 Å². The molecule has 3 nitrogen and oxygen atoms in total. The topological polar surface area (TPSA) is 50.1 Å². The van der Waals surface area contributed by atoms with E-state index in [1.165, 1.54) is 6.07 Å². The Hall–Kier alpha value is -2.12. The predicted molar refractivity (Wildman–Crippen MR) is 70.3 cm³/mol. The van der Waals surface area contributed by atoms with Crippen LogP contribution in [0, 0.1) is 11.3 Å². The Morgan fingerprint density at radius 1 is 1.17 bits per heavy atom. The average Bonchev–Trinajstić information content (AvgIpc) is 2.39. The second kappa shape index (κ2) is 5.48. The van der Waals surface area contributed by atoms with E-state index < -0.39 is 5.97 Å². The maximum absolute atomic E-state index is 11.8. The summed E-state index contributed by atoms with van der Waals surface area (Å²) in [6.07, 6.45) is 0. The fourth-order valence-electron chi connectivity index (χ4n) is 1.41. The molecule has 0 radical (unpaired) electrons. The largest absolute Gasteiger partial charge is 0.423 e. The first kappa shape index (κ1) is 12.3. The monoisotopic (exact) mass is 301 g/mol. The second-order valence-electron chi connectivity index (χ2n) is 3.54. The van der Waals surface area contributed by atoms with Gasteiger partial charge in [0.1, 0.15) is 5.75 Å². The van der Waals surface area contributed by atoms with E-state index in [4.69, 9.17) is 10.00 Å². The molecule has 0 unspecified atom stereocenters. The van der Waals surface area contributed by atoms with Gasteiger partial charge in [-0.15, -0.1) is 0 Å². The molecule has 2 aromatic carbocycles. The summed E-state index contributed by atoms with van der Waals surface area (Å²) >= 11 is 3.30. The van der Waals surface area contributed by atoms with Crippen LogP contribution in [0.25, 0.3) is 0 Å². The number of carbonyl (C=O) groups is 1. The molecule has 0 aliphatic heterocycles. The zero-order valence-electron chi connectivity index (χ0n) is 9.26. The summed E-state index contributed by atoms with van der Waals surface area (Å²) in [5, 5.41) is 8.76. The molecule has 0 N–H and O–H groups in total. The van der Waals surface area contributed by atoms with Crippen molar-refractivity contribution in [3.05, 3.63) is 64.1 Å². The number of benzene rings is 2. The number of halogens is 1. The first-order chi connectivity index (χ1) is 8.69. The Bertz CT molecular complexity index is 632. The highest BCUT2D eigenvalue weighted by Gasteiger charge is 2.09. The zero-order chi connectivity index (χ0) is 13.0. The molecule has 0 bridgehead atoms. The molecule has 0 heterocycles. The molecule has 0 aliphatic carbocycles. The lowest BCUT2D eigenvalue weighted by atomic mass is 10.1. The molecular formula is C14H8BrNO2. The molecule has 2 rings (SSSR count). The molecule has 4 heteroatoms. The van der Waals surface area contributed by atoms with Crippen LogP contribution in [-0.4, -0.2) is 5.97 Å².